The second kappa shape index (κ2) is 4.57. The van der Waals surface area contributed by atoms with E-state index in [-0.39, 0.29) is 0 Å². The summed E-state index contributed by atoms with van der Waals surface area (Å²) in [7, 11) is 1.26. The largest absolute Gasteiger partial charge is 0.185 e. The van der Waals surface area contributed by atoms with Gasteiger partial charge in [-0.3, -0.25) is 0 Å². The van der Waals surface area contributed by atoms with E-state index in [1.165, 1.54) is 20.0 Å². The zero-order chi connectivity index (χ0) is 5.70. The third-order valence-electron chi connectivity index (χ3n) is 0.975. The van der Waals surface area contributed by atoms with Crippen molar-refractivity contribution in [3.63, 3.8) is 0 Å². The molecular weight excluding hydrogens is 103 g/mol. The molecule has 0 aliphatic heterocycles. The Morgan fingerprint density at radius 1 is 1.71 bits per heavy atom. The Labute approximate surface area is 52.3 Å². The van der Waals surface area contributed by atoms with Crippen LogP contribution < -0.4 is 0 Å². The average Bonchev–Trinajstić information content (AvgIpc) is 1.61. The van der Waals surface area contributed by atoms with E-state index in [0.29, 0.717) is 5.15 Å². The van der Waals surface area contributed by atoms with Crippen LogP contribution in [0, 0.1) is 0 Å². The lowest BCUT2D eigenvalue weighted by molar-refractivity contribution is 1.06. The zero-order valence-electron chi connectivity index (χ0n) is 5.15. The summed E-state index contributed by atoms with van der Waals surface area (Å²) < 4.78 is 0. The molecule has 0 heterocycles. The van der Waals surface area contributed by atoms with Crippen LogP contribution in [-0.2, 0) is 0 Å². The average molecular weight is 116 g/mol. The van der Waals surface area contributed by atoms with Crippen LogP contribution in [0.25, 0.3) is 0 Å². The van der Waals surface area contributed by atoms with E-state index < -0.39 is 0 Å². The van der Waals surface area contributed by atoms with Crippen molar-refractivity contribution in [3.8, 4) is 0 Å². The monoisotopic (exact) mass is 116 g/mol. The Morgan fingerprint density at radius 2 is 2.29 bits per heavy atom. The van der Waals surface area contributed by atoms with Gasteiger partial charge in [0.2, 0.25) is 0 Å². The summed E-state index contributed by atoms with van der Waals surface area (Å²) in [6, 6.07) is 0. The van der Waals surface area contributed by atoms with Gasteiger partial charge >= 0.3 is 0 Å². The van der Waals surface area contributed by atoms with Gasteiger partial charge in [-0.15, -0.1) is 0 Å². The van der Waals surface area contributed by atoms with Crippen LogP contribution in [0.1, 0.15) is 20.3 Å². The fourth-order valence-corrected chi connectivity index (χ4v) is 0.682. The van der Waals surface area contributed by atoms with Crippen molar-refractivity contribution in [2.75, 3.05) is 0 Å². The lowest BCUT2D eigenvalue weighted by Gasteiger charge is -1.95. The molecule has 0 spiro atoms. The first kappa shape index (κ1) is 7.41. The van der Waals surface area contributed by atoms with Crippen LogP contribution in [0.3, 0.4) is 0 Å². The molecule has 0 saturated heterocycles. The van der Waals surface area contributed by atoms with Crippen LogP contribution >= 0.6 is 12.6 Å². The SMILES string of the molecule is CCCBC(C)S. The first-order valence-electron chi connectivity index (χ1n) is 2.95. The lowest BCUT2D eigenvalue weighted by Crippen LogP contribution is -2.02. The predicted octanol–water partition coefficient (Wildman–Crippen LogP) is 1.53. The molecule has 0 bridgehead atoms. The Bertz CT molecular complexity index is 37.1. The van der Waals surface area contributed by atoms with Crippen LogP contribution in [0.5, 0.6) is 0 Å². The summed E-state index contributed by atoms with van der Waals surface area (Å²) in [5.74, 6) is 0. The lowest BCUT2D eigenvalue weighted by atomic mass is 9.70. The van der Waals surface area contributed by atoms with Gasteiger partial charge in [0.15, 0.2) is 0 Å². The molecule has 0 saturated carbocycles. The van der Waals surface area contributed by atoms with Gasteiger partial charge in [0.25, 0.3) is 0 Å². The van der Waals surface area contributed by atoms with Crippen molar-refractivity contribution in [1.82, 2.24) is 0 Å². The minimum Gasteiger partial charge on any atom is -0.185 e. The Hall–Kier alpha value is 0.415. The first-order valence-corrected chi connectivity index (χ1v) is 3.47. The third kappa shape index (κ3) is 6.41. The molecule has 0 aliphatic rings. The van der Waals surface area contributed by atoms with E-state index in [1.54, 1.807) is 0 Å². The Balaban J connectivity index is 2.68. The van der Waals surface area contributed by atoms with Crippen molar-refractivity contribution in [1.29, 1.82) is 0 Å². The highest BCUT2D eigenvalue weighted by atomic mass is 32.1. The first-order chi connectivity index (χ1) is 3.27. The molecule has 0 N–H and O–H groups in total. The van der Waals surface area contributed by atoms with Crippen LogP contribution in [0.15, 0.2) is 0 Å². The summed E-state index contributed by atoms with van der Waals surface area (Å²) >= 11 is 4.23. The smallest absolute Gasteiger partial charge is 0.136 e. The van der Waals surface area contributed by atoms with Crippen molar-refractivity contribution < 1.29 is 0 Å². The minimum atomic E-state index is 0.597. The Morgan fingerprint density at radius 3 is 2.43 bits per heavy atom. The number of hydrogen-bond acceptors (Lipinski definition) is 1. The van der Waals surface area contributed by atoms with E-state index >= 15 is 0 Å². The zero-order valence-corrected chi connectivity index (χ0v) is 6.04. The van der Waals surface area contributed by atoms with E-state index in [0.717, 1.165) is 0 Å². The fourth-order valence-electron chi connectivity index (χ4n) is 0.500. The molecule has 0 rings (SSSR count). The molecule has 2 heteroatoms. The summed E-state index contributed by atoms with van der Waals surface area (Å²) in [6.07, 6.45) is 2.62. The molecular formula is C5H13BS. The van der Waals surface area contributed by atoms with Crippen molar-refractivity contribution >= 4 is 19.9 Å². The molecule has 0 amide bonds. The van der Waals surface area contributed by atoms with Gasteiger partial charge in [-0.25, -0.2) is 0 Å². The Kier molecular flexibility index (Phi) is 4.84. The van der Waals surface area contributed by atoms with Gasteiger partial charge in [-0.1, -0.05) is 26.6 Å². The number of thiol groups is 1. The predicted molar refractivity (Wildman–Crippen MR) is 40.7 cm³/mol. The summed E-state index contributed by atoms with van der Waals surface area (Å²) in [5.41, 5.74) is 0. The second-order valence-electron chi connectivity index (χ2n) is 1.99. The van der Waals surface area contributed by atoms with Crippen molar-refractivity contribution in [2.45, 2.75) is 31.7 Å². The molecule has 0 radical (unpaired) electrons. The topological polar surface area (TPSA) is 0 Å². The van der Waals surface area contributed by atoms with Gasteiger partial charge in [-0.05, 0) is 5.15 Å². The normalized spacial score (nSPS) is 13.6. The number of rotatable bonds is 3. The van der Waals surface area contributed by atoms with Gasteiger partial charge in [0, 0.05) is 0 Å². The van der Waals surface area contributed by atoms with E-state index in [1.807, 2.05) is 0 Å². The summed E-state index contributed by atoms with van der Waals surface area (Å²) in [4.78, 5) is 0. The third-order valence-corrected chi connectivity index (χ3v) is 1.23. The van der Waals surface area contributed by atoms with Crippen LogP contribution in [0.2, 0.25) is 6.32 Å². The fraction of sp³-hybridized carbons (Fsp3) is 1.00. The highest BCUT2D eigenvalue weighted by Gasteiger charge is 1.93. The molecule has 1 atom stereocenters. The molecule has 0 fully saturated rings. The number of hydrogen-bond donors (Lipinski definition) is 1. The minimum absolute atomic E-state index is 0.597. The highest BCUT2D eigenvalue weighted by molar-refractivity contribution is 7.82. The second-order valence-corrected chi connectivity index (χ2v) is 2.87. The molecule has 42 valence electrons. The molecule has 1 unspecified atom stereocenters. The summed E-state index contributed by atoms with van der Waals surface area (Å²) in [5, 5.41) is 0.597. The van der Waals surface area contributed by atoms with E-state index in [2.05, 4.69) is 26.5 Å². The molecule has 0 aromatic rings. The quantitative estimate of drug-likeness (QED) is 0.419. The van der Waals surface area contributed by atoms with Gasteiger partial charge < -0.3 is 0 Å². The van der Waals surface area contributed by atoms with Crippen molar-refractivity contribution in [2.24, 2.45) is 0 Å². The maximum Gasteiger partial charge on any atom is 0.136 e. The van der Waals surface area contributed by atoms with Crippen LogP contribution in [-0.4, -0.2) is 12.4 Å². The molecule has 7 heavy (non-hydrogen) atoms. The van der Waals surface area contributed by atoms with Gasteiger partial charge in [0.05, 0.1) is 0 Å². The molecule has 0 aromatic carbocycles. The molecule has 0 aliphatic carbocycles. The highest BCUT2D eigenvalue weighted by Crippen LogP contribution is 1.94. The molecule has 0 aromatic heterocycles. The van der Waals surface area contributed by atoms with Gasteiger partial charge in [-0.2, -0.15) is 12.6 Å². The van der Waals surface area contributed by atoms with E-state index in [9.17, 15) is 0 Å². The molecule has 0 nitrogen and oxygen atoms in total. The standard InChI is InChI=1S/C5H13BS/c1-3-4-6-5(2)7/h5-7H,3-4H2,1-2H3. The van der Waals surface area contributed by atoms with Crippen LogP contribution in [0.4, 0.5) is 0 Å². The maximum atomic E-state index is 4.23. The van der Waals surface area contributed by atoms with E-state index in [4.69, 9.17) is 0 Å². The summed E-state index contributed by atoms with van der Waals surface area (Å²) in [6.45, 7) is 4.34. The van der Waals surface area contributed by atoms with Crippen molar-refractivity contribution in [3.05, 3.63) is 0 Å². The van der Waals surface area contributed by atoms with Gasteiger partial charge in [0.1, 0.15) is 7.28 Å². The maximum absolute atomic E-state index is 4.23.